The topological polar surface area (TPSA) is 107 Å². The monoisotopic (exact) mass is 452 g/mol. The van der Waals surface area contributed by atoms with Crippen LogP contribution in [0.3, 0.4) is 0 Å². The number of nitrogens with one attached hydrogen (secondary N) is 1. The third-order valence-electron chi connectivity index (χ3n) is 4.63. The first kappa shape index (κ1) is 21.9. The number of aromatic amines is 1. The summed E-state index contributed by atoms with van der Waals surface area (Å²) in [6.45, 7) is 1.98. The Kier molecular flexibility index (Phi) is 6.20. The highest BCUT2D eigenvalue weighted by Gasteiger charge is 2.28. The Balaban J connectivity index is 2.35. The molecule has 0 radical (unpaired) electrons. The molecule has 3 aromatic rings. The van der Waals surface area contributed by atoms with Crippen LogP contribution in [-0.4, -0.2) is 55.3 Å². The lowest BCUT2D eigenvalue weighted by Crippen LogP contribution is -2.27. The summed E-state index contributed by atoms with van der Waals surface area (Å²) in [6.07, 6.45) is 0. The SMILES string of the molecule is CCN(C)S(=O)(=O)c1cc(-c2n[nH]c(=O)n2-c2ccccc2Cl)c(OC)cc1OC. The number of hydrogen-bond acceptors (Lipinski definition) is 6. The second-order valence-corrected chi connectivity index (χ2v) is 8.68. The number of para-hydroxylation sites is 1. The minimum atomic E-state index is -3.86. The minimum absolute atomic E-state index is 0.0775. The van der Waals surface area contributed by atoms with Gasteiger partial charge in [0.05, 0.1) is 30.5 Å². The third kappa shape index (κ3) is 3.69. The molecule has 1 aromatic heterocycles. The van der Waals surface area contributed by atoms with E-state index in [0.29, 0.717) is 10.7 Å². The van der Waals surface area contributed by atoms with E-state index < -0.39 is 15.7 Å². The molecule has 2 aromatic carbocycles. The van der Waals surface area contributed by atoms with Crippen molar-refractivity contribution in [3.05, 3.63) is 51.9 Å². The van der Waals surface area contributed by atoms with E-state index in [1.54, 1.807) is 31.2 Å². The number of hydrogen-bond donors (Lipinski definition) is 1. The highest BCUT2D eigenvalue weighted by Crippen LogP contribution is 2.39. The molecule has 0 aliphatic heterocycles. The van der Waals surface area contributed by atoms with Crippen LogP contribution in [0.1, 0.15) is 6.92 Å². The standard InChI is InChI=1S/C19H21ClN4O5S/c1-5-23(2)30(26,27)17-10-12(15(28-3)11-16(17)29-4)18-21-22-19(25)24(18)14-9-7-6-8-13(14)20/h6-11H,5H2,1-4H3,(H,22,25). The van der Waals surface area contributed by atoms with Gasteiger partial charge in [-0.3, -0.25) is 0 Å². The summed E-state index contributed by atoms with van der Waals surface area (Å²) in [7, 11) is 0.395. The van der Waals surface area contributed by atoms with E-state index in [4.69, 9.17) is 21.1 Å². The minimum Gasteiger partial charge on any atom is -0.496 e. The number of sulfonamides is 1. The van der Waals surface area contributed by atoms with Crippen molar-refractivity contribution in [3.63, 3.8) is 0 Å². The van der Waals surface area contributed by atoms with Crippen molar-refractivity contribution in [1.82, 2.24) is 19.1 Å². The average molecular weight is 453 g/mol. The van der Waals surface area contributed by atoms with E-state index in [-0.39, 0.29) is 34.3 Å². The van der Waals surface area contributed by atoms with E-state index in [2.05, 4.69) is 10.2 Å². The highest BCUT2D eigenvalue weighted by atomic mass is 35.5. The lowest BCUT2D eigenvalue weighted by molar-refractivity contribution is 0.384. The fourth-order valence-corrected chi connectivity index (χ4v) is 4.48. The summed E-state index contributed by atoms with van der Waals surface area (Å²) in [6, 6.07) is 9.57. The maximum absolute atomic E-state index is 13.0. The summed E-state index contributed by atoms with van der Waals surface area (Å²) in [5.41, 5.74) is 0.131. The lowest BCUT2D eigenvalue weighted by Gasteiger charge is -2.19. The van der Waals surface area contributed by atoms with Crippen LogP contribution in [0.15, 0.2) is 46.1 Å². The number of H-pyrrole nitrogens is 1. The number of nitrogens with zero attached hydrogens (tertiary/aromatic N) is 3. The molecule has 0 aliphatic rings. The van der Waals surface area contributed by atoms with Crippen LogP contribution in [0.2, 0.25) is 5.02 Å². The summed E-state index contributed by atoms with van der Waals surface area (Å²) in [4.78, 5) is 12.4. The van der Waals surface area contributed by atoms with Gasteiger partial charge >= 0.3 is 5.69 Å². The molecule has 1 N–H and O–H groups in total. The fraction of sp³-hybridized carbons (Fsp3) is 0.263. The molecule has 30 heavy (non-hydrogen) atoms. The molecular weight excluding hydrogens is 432 g/mol. The summed E-state index contributed by atoms with van der Waals surface area (Å²) < 4.78 is 39.2. The van der Waals surface area contributed by atoms with Gasteiger partial charge in [0.1, 0.15) is 16.4 Å². The van der Waals surface area contributed by atoms with Crippen molar-refractivity contribution in [3.8, 4) is 28.6 Å². The molecule has 0 atom stereocenters. The van der Waals surface area contributed by atoms with Crippen molar-refractivity contribution >= 4 is 21.6 Å². The number of halogens is 1. The van der Waals surface area contributed by atoms with Gasteiger partial charge in [-0.1, -0.05) is 30.7 Å². The first-order valence-corrected chi connectivity index (χ1v) is 10.7. The van der Waals surface area contributed by atoms with Crippen LogP contribution in [0.5, 0.6) is 11.5 Å². The Hall–Kier alpha value is -2.82. The van der Waals surface area contributed by atoms with E-state index in [1.165, 1.54) is 42.3 Å². The first-order chi connectivity index (χ1) is 14.3. The van der Waals surface area contributed by atoms with Crippen molar-refractivity contribution in [2.75, 3.05) is 27.8 Å². The van der Waals surface area contributed by atoms with E-state index in [1.807, 2.05) is 0 Å². The molecule has 1 heterocycles. The van der Waals surface area contributed by atoms with Crippen LogP contribution in [0, 0.1) is 0 Å². The predicted molar refractivity (Wildman–Crippen MR) is 113 cm³/mol. The quantitative estimate of drug-likeness (QED) is 0.590. The van der Waals surface area contributed by atoms with E-state index >= 15 is 0 Å². The molecule has 0 saturated carbocycles. The largest absolute Gasteiger partial charge is 0.496 e. The molecule has 0 aliphatic carbocycles. The molecule has 0 spiro atoms. The van der Waals surface area contributed by atoms with Gasteiger partial charge in [0.15, 0.2) is 5.82 Å². The Morgan fingerprint density at radius 3 is 2.43 bits per heavy atom. The molecule has 3 rings (SSSR count). The summed E-state index contributed by atoms with van der Waals surface area (Å²) in [5, 5.41) is 6.81. The van der Waals surface area contributed by atoms with Gasteiger partial charge in [0.25, 0.3) is 0 Å². The van der Waals surface area contributed by atoms with Crippen LogP contribution < -0.4 is 15.2 Å². The predicted octanol–water partition coefficient (Wildman–Crippen LogP) is 2.54. The molecule has 0 fully saturated rings. The van der Waals surface area contributed by atoms with E-state index in [9.17, 15) is 13.2 Å². The fourth-order valence-electron chi connectivity index (χ4n) is 2.92. The zero-order chi connectivity index (χ0) is 22.1. The second kappa shape index (κ2) is 8.50. The van der Waals surface area contributed by atoms with Gasteiger partial charge in [-0.05, 0) is 18.2 Å². The molecule has 9 nitrogen and oxygen atoms in total. The molecule has 0 amide bonds. The van der Waals surface area contributed by atoms with Crippen molar-refractivity contribution < 1.29 is 17.9 Å². The van der Waals surface area contributed by atoms with Crippen LogP contribution in [0.4, 0.5) is 0 Å². The normalized spacial score (nSPS) is 11.7. The highest BCUT2D eigenvalue weighted by molar-refractivity contribution is 7.89. The molecule has 0 bridgehead atoms. The Morgan fingerprint density at radius 1 is 1.17 bits per heavy atom. The smallest absolute Gasteiger partial charge is 0.348 e. The van der Waals surface area contributed by atoms with Gasteiger partial charge in [0.2, 0.25) is 10.0 Å². The van der Waals surface area contributed by atoms with Crippen molar-refractivity contribution in [2.45, 2.75) is 11.8 Å². The van der Waals surface area contributed by atoms with Gasteiger partial charge in [-0.2, -0.15) is 5.10 Å². The Morgan fingerprint density at radius 2 is 1.83 bits per heavy atom. The number of aromatic nitrogens is 3. The van der Waals surface area contributed by atoms with Gasteiger partial charge in [0, 0.05) is 19.7 Å². The molecule has 160 valence electrons. The Bertz CT molecular complexity index is 1240. The van der Waals surface area contributed by atoms with E-state index in [0.717, 1.165) is 0 Å². The second-order valence-electron chi connectivity index (χ2n) is 6.26. The van der Waals surface area contributed by atoms with Gasteiger partial charge in [-0.15, -0.1) is 0 Å². The van der Waals surface area contributed by atoms with Crippen LogP contribution >= 0.6 is 11.6 Å². The van der Waals surface area contributed by atoms with Crippen LogP contribution in [-0.2, 0) is 10.0 Å². The van der Waals surface area contributed by atoms with Crippen molar-refractivity contribution in [1.29, 1.82) is 0 Å². The molecular formula is C19H21ClN4O5S. The van der Waals surface area contributed by atoms with Crippen LogP contribution in [0.25, 0.3) is 17.1 Å². The number of rotatable bonds is 7. The zero-order valence-electron chi connectivity index (χ0n) is 16.8. The average Bonchev–Trinajstić information content (AvgIpc) is 3.13. The van der Waals surface area contributed by atoms with Gasteiger partial charge in [-0.25, -0.2) is 27.2 Å². The number of benzene rings is 2. The Labute approximate surface area is 178 Å². The zero-order valence-corrected chi connectivity index (χ0v) is 18.4. The molecule has 0 unspecified atom stereocenters. The summed E-state index contributed by atoms with van der Waals surface area (Å²) in [5.74, 6) is 0.526. The lowest BCUT2D eigenvalue weighted by atomic mass is 10.1. The maximum Gasteiger partial charge on any atom is 0.348 e. The number of methoxy groups -OCH3 is 2. The number of ether oxygens (including phenoxy) is 2. The third-order valence-corrected chi connectivity index (χ3v) is 6.90. The maximum atomic E-state index is 13.0. The van der Waals surface area contributed by atoms with Gasteiger partial charge < -0.3 is 9.47 Å². The van der Waals surface area contributed by atoms with Crippen molar-refractivity contribution in [2.24, 2.45) is 0 Å². The first-order valence-electron chi connectivity index (χ1n) is 8.91. The molecule has 0 saturated heterocycles. The molecule has 11 heteroatoms. The summed E-state index contributed by atoms with van der Waals surface area (Å²) >= 11 is 6.28.